The first-order valence-electron chi connectivity index (χ1n) is 9.25. The lowest BCUT2D eigenvalue weighted by atomic mass is 9.36. The van der Waals surface area contributed by atoms with E-state index in [0.717, 1.165) is 7.11 Å². The average Bonchev–Trinajstić information content (AvgIpc) is 2.80. The summed E-state index contributed by atoms with van der Waals surface area (Å²) < 4.78 is 159. The Bertz CT molecular complexity index is 1260. The largest absolute Gasteiger partial charge is 0.494 e. The first-order valence-corrected chi connectivity index (χ1v) is 9.25. The van der Waals surface area contributed by atoms with Crippen molar-refractivity contribution in [1.82, 2.24) is 0 Å². The lowest BCUT2D eigenvalue weighted by Gasteiger charge is -2.23. The van der Waals surface area contributed by atoms with Crippen LogP contribution in [0, 0.1) is 58.2 Å². The van der Waals surface area contributed by atoms with Crippen molar-refractivity contribution in [2.24, 2.45) is 0 Å². The summed E-state index contributed by atoms with van der Waals surface area (Å²) >= 11 is 0. The second-order valence-electron chi connectivity index (χ2n) is 6.85. The van der Waals surface area contributed by atoms with Gasteiger partial charge in [-0.15, -0.1) is 0 Å². The van der Waals surface area contributed by atoms with E-state index in [1.165, 1.54) is 0 Å². The Kier molecular flexibility index (Phi) is 7.13. The van der Waals surface area contributed by atoms with Crippen LogP contribution in [0.15, 0.2) is 12.1 Å². The number of benzene rings is 3. The van der Waals surface area contributed by atoms with Crippen LogP contribution in [0.25, 0.3) is 0 Å². The van der Waals surface area contributed by atoms with E-state index in [0.29, 0.717) is 14.2 Å². The molecule has 0 saturated carbocycles. The quantitative estimate of drug-likeness (QED) is 0.219. The van der Waals surface area contributed by atoms with Crippen molar-refractivity contribution in [3.8, 4) is 17.2 Å². The van der Waals surface area contributed by atoms with Gasteiger partial charge < -0.3 is 14.2 Å². The number of rotatable bonds is 6. The Morgan fingerprint density at radius 2 is 0.886 bits per heavy atom. The number of methoxy groups -OCH3 is 3. The Labute approximate surface area is 190 Å². The van der Waals surface area contributed by atoms with E-state index in [2.05, 4.69) is 9.47 Å². The summed E-state index contributed by atoms with van der Waals surface area (Å²) in [6.07, 6.45) is 0. The summed E-state index contributed by atoms with van der Waals surface area (Å²) in [5, 5.41) is 0. The second kappa shape index (κ2) is 9.58. The lowest BCUT2D eigenvalue weighted by molar-refractivity contribution is 0.337. The average molecular weight is 512 g/mol. The highest BCUT2D eigenvalue weighted by atomic mass is 19.2. The maximum atomic E-state index is 15.2. The molecular formula is C21H11BF10O3. The van der Waals surface area contributed by atoms with Gasteiger partial charge in [0, 0.05) is 17.0 Å². The third-order valence-corrected chi connectivity index (χ3v) is 5.05. The first-order chi connectivity index (χ1) is 16.4. The smallest absolute Gasteiger partial charge is 0.262 e. The van der Waals surface area contributed by atoms with Crippen molar-refractivity contribution in [3.05, 3.63) is 70.3 Å². The fourth-order valence-electron chi connectivity index (χ4n) is 3.59. The first kappa shape index (κ1) is 26.0. The summed E-state index contributed by atoms with van der Waals surface area (Å²) in [5.41, 5.74) is -4.65. The Morgan fingerprint density at radius 1 is 0.486 bits per heavy atom. The number of hydrogen-bond donors (Lipinski definition) is 0. The monoisotopic (exact) mass is 512 g/mol. The molecule has 0 unspecified atom stereocenters. The second-order valence-corrected chi connectivity index (χ2v) is 6.85. The van der Waals surface area contributed by atoms with Gasteiger partial charge in [0.05, 0.1) is 21.3 Å². The molecule has 0 saturated heterocycles. The maximum absolute atomic E-state index is 15.2. The molecule has 0 heterocycles. The molecule has 0 aliphatic heterocycles. The standard InChI is InChI=1S/C21H11BF10O3/c1-33-19-7(4-6(23)5-8(19)24)22(9-11(25)15(29)17(31)20(34-2)13(9)27)10-12(26)16(30)18(32)21(35-3)14(10)28/h4-5H,1-3H3. The van der Waals surface area contributed by atoms with Gasteiger partial charge >= 0.3 is 0 Å². The van der Waals surface area contributed by atoms with Gasteiger partial charge in [0.25, 0.3) is 6.71 Å². The van der Waals surface area contributed by atoms with Crippen LogP contribution in [-0.4, -0.2) is 28.0 Å². The van der Waals surface area contributed by atoms with Crippen LogP contribution in [-0.2, 0) is 0 Å². The Morgan fingerprint density at radius 3 is 1.26 bits per heavy atom. The topological polar surface area (TPSA) is 27.7 Å². The maximum Gasteiger partial charge on any atom is 0.262 e. The van der Waals surface area contributed by atoms with Crippen LogP contribution in [0.3, 0.4) is 0 Å². The third-order valence-electron chi connectivity index (χ3n) is 5.05. The number of ether oxygens (including phenoxy) is 3. The van der Waals surface area contributed by atoms with E-state index in [1.54, 1.807) is 0 Å². The zero-order chi connectivity index (χ0) is 26.4. The van der Waals surface area contributed by atoms with Crippen LogP contribution >= 0.6 is 0 Å². The molecule has 3 aromatic carbocycles. The zero-order valence-corrected chi connectivity index (χ0v) is 17.7. The Hall–Kier alpha value is -3.58. The molecule has 35 heavy (non-hydrogen) atoms. The van der Waals surface area contributed by atoms with E-state index < -0.39 is 98.5 Å². The fourth-order valence-corrected chi connectivity index (χ4v) is 3.59. The van der Waals surface area contributed by atoms with Crippen LogP contribution in [0.1, 0.15) is 0 Å². The van der Waals surface area contributed by atoms with Crippen LogP contribution < -0.4 is 30.6 Å². The molecule has 3 nitrogen and oxygen atoms in total. The normalized spacial score (nSPS) is 11.0. The minimum atomic E-state index is -2.83. The van der Waals surface area contributed by atoms with E-state index >= 15 is 8.78 Å². The molecule has 3 aromatic rings. The molecule has 0 spiro atoms. The molecule has 0 atom stereocenters. The van der Waals surface area contributed by atoms with Crippen molar-refractivity contribution in [1.29, 1.82) is 0 Å². The third kappa shape index (κ3) is 4.00. The summed E-state index contributed by atoms with van der Waals surface area (Å²) in [6, 6.07) is 0.502. The van der Waals surface area contributed by atoms with Crippen molar-refractivity contribution in [2.75, 3.05) is 21.3 Å². The molecule has 0 bridgehead atoms. The Balaban J connectivity index is 2.65. The van der Waals surface area contributed by atoms with Gasteiger partial charge in [-0.25, -0.2) is 35.1 Å². The summed E-state index contributed by atoms with van der Waals surface area (Å²) in [4.78, 5) is 0. The van der Waals surface area contributed by atoms with Gasteiger partial charge in [-0.2, -0.15) is 8.78 Å². The highest BCUT2D eigenvalue weighted by molar-refractivity contribution is 6.96. The SMILES string of the molecule is COc1c(F)cc(F)cc1B(c1c(F)c(F)c(F)c(OC)c1F)c1c(F)c(F)c(F)c(OC)c1F. The number of halogens is 10. The molecular weight excluding hydrogens is 501 g/mol. The predicted molar refractivity (Wildman–Crippen MR) is 103 cm³/mol. The van der Waals surface area contributed by atoms with Gasteiger partial charge in [-0.1, -0.05) is 0 Å². The summed E-state index contributed by atoms with van der Waals surface area (Å²) in [6.45, 7) is -2.83. The van der Waals surface area contributed by atoms with Gasteiger partial charge in [-0.05, 0) is 11.5 Å². The zero-order valence-electron chi connectivity index (χ0n) is 17.7. The number of hydrogen-bond acceptors (Lipinski definition) is 3. The van der Waals surface area contributed by atoms with Crippen molar-refractivity contribution in [3.63, 3.8) is 0 Å². The molecule has 0 fully saturated rings. The molecule has 0 aromatic heterocycles. The van der Waals surface area contributed by atoms with E-state index in [-0.39, 0.29) is 12.1 Å². The van der Waals surface area contributed by atoms with Crippen LogP contribution in [0.4, 0.5) is 43.9 Å². The molecule has 0 aliphatic carbocycles. The van der Waals surface area contributed by atoms with E-state index in [4.69, 9.17) is 4.74 Å². The summed E-state index contributed by atoms with van der Waals surface area (Å²) in [5.74, 6) is -25.5. The molecule has 0 N–H and O–H groups in total. The van der Waals surface area contributed by atoms with Gasteiger partial charge in [0.1, 0.15) is 11.6 Å². The molecule has 0 aliphatic rings. The van der Waals surface area contributed by atoms with Crippen molar-refractivity contribution < 1.29 is 58.1 Å². The highest BCUT2D eigenvalue weighted by Gasteiger charge is 2.42. The van der Waals surface area contributed by atoms with E-state index in [9.17, 15) is 35.1 Å². The van der Waals surface area contributed by atoms with Crippen molar-refractivity contribution in [2.45, 2.75) is 0 Å². The molecule has 3 rings (SSSR count). The van der Waals surface area contributed by atoms with Crippen LogP contribution in [0.5, 0.6) is 17.2 Å². The van der Waals surface area contributed by atoms with Gasteiger partial charge in [0.2, 0.25) is 11.6 Å². The highest BCUT2D eigenvalue weighted by Crippen LogP contribution is 2.29. The minimum absolute atomic E-state index is 0.219. The van der Waals surface area contributed by atoms with Gasteiger partial charge in [0.15, 0.2) is 52.2 Å². The molecule has 14 heteroatoms. The van der Waals surface area contributed by atoms with E-state index in [1.807, 2.05) is 0 Å². The molecule has 186 valence electrons. The lowest BCUT2D eigenvalue weighted by Crippen LogP contribution is -2.58. The predicted octanol–water partition coefficient (Wildman–Crippen LogP) is 3.62. The van der Waals surface area contributed by atoms with Gasteiger partial charge in [-0.3, -0.25) is 0 Å². The summed E-state index contributed by atoms with van der Waals surface area (Å²) in [7, 11) is 2.03. The molecule has 0 amide bonds. The van der Waals surface area contributed by atoms with Crippen LogP contribution in [0.2, 0.25) is 0 Å². The van der Waals surface area contributed by atoms with Crippen molar-refractivity contribution >= 4 is 23.1 Å². The minimum Gasteiger partial charge on any atom is -0.494 e. The fraction of sp³-hybridized carbons (Fsp3) is 0.143. The molecule has 0 radical (unpaired) electrons.